The Balaban J connectivity index is 1.73. The third kappa shape index (κ3) is 2.73. The second kappa shape index (κ2) is 5.40. The van der Waals surface area contributed by atoms with Gasteiger partial charge in [0.25, 0.3) is 5.91 Å². The van der Waals surface area contributed by atoms with Crippen LogP contribution in [0.1, 0.15) is 21.9 Å². The van der Waals surface area contributed by atoms with Crippen LogP contribution in [0.15, 0.2) is 28.3 Å². The van der Waals surface area contributed by atoms with Crippen LogP contribution in [-0.4, -0.2) is 25.8 Å². The van der Waals surface area contributed by atoms with Gasteiger partial charge in [-0.3, -0.25) is 9.59 Å². The Labute approximate surface area is 126 Å². The summed E-state index contributed by atoms with van der Waals surface area (Å²) in [6, 6.07) is 2.86. The molecule has 21 heavy (non-hydrogen) atoms. The van der Waals surface area contributed by atoms with E-state index in [0.29, 0.717) is 12.2 Å². The van der Waals surface area contributed by atoms with E-state index < -0.39 is 0 Å². The summed E-state index contributed by atoms with van der Waals surface area (Å²) in [6.45, 7) is 3.13. The topological polar surface area (TPSA) is 68.9 Å². The largest absolute Gasteiger partial charge is 0.345 e. The first-order valence-electron chi connectivity index (χ1n) is 6.69. The lowest BCUT2D eigenvalue weighted by molar-refractivity contribution is 0.0941. The second-order valence-corrected chi connectivity index (χ2v) is 6.08. The average Bonchev–Trinajstić information content (AvgIpc) is 3.01. The number of fused-ring (bicyclic) bond motifs is 1. The van der Waals surface area contributed by atoms with Gasteiger partial charge in [-0.25, -0.2) is 4.98 Å². The molecule has 1 aliphatic heterocycles. The average molecular weight is 304 g/mol. The smallest absolute Gasteiger partial charge is 0.268 e. The van der Waals surface area contributed by atoms with E-state index in [-0.39, 0.29) is 11.3 Å². The van der Waals surface area contributed by atoms with Crippen molar-refractivity contribution in [2.45, 2.75) is 25.2 Å². The number of nitrogens with one attached hydrogen (secondary N) is 1. The van der Waals surface area contributed by atoms with Gasteiger partial charge in [0.05, 0.1) is 12.2 Å². The highest BCUT2D eigenvalue weighted by Crippen LogP contribution is 2.24. The molecule has 0 saturated heterocycles. The Morgan fingerprint density at radius 3 is 3.05 bits per heavy atom. The number of pyridine rings is 1. The molecule has 0 aliphatic carbocycles. The molecule has 2 aromatic rings. The van der Waals surface area contributed by atoms with Gasteiger partial charge in [0.2, 0.25) is 0 Å². The van der Waals surface area contributed by atoms with E-state index in [1.54, 1.807) is 30.3 Å². The standard InChI is InChI=1S/C14H16N4O2S/c1-9-5-11(19)6-12(17(9)2)13(20)15-7-10-8-18-3-4-21-14(18)16-10/h5-6,8H,3-4,7H2,1-2H3,(H,15,20). The maximum atomic E-state index is 12.2. The number of aromatic nitrogens is 3. The molecule has 7 heteroatoms. The highest BCUT2D eigenvalue weighted by atomic mass is 32.2. The number of imidazole rings is 1. The molecule has 0 atom stereocenters. The number of thioether (sulfide) groups is 1. The van der Waals surface area contributed by atoms with Crippen LogP contribution in [-0.2, 0) is 20.1 Å². The lowest BCUT2D eigenvalue weighted by Crippen LogP contribution is -2.28. The molecule has 0 unspecified atom stereocenters. The van der Waals surface area contributed by atoms with Crippen molar-refractivity contribution < 1.29 is 4.79 Å². The fraction of sp³-hybridized carbons (Fsp3) is 0.357. The summed E-state index contributed by atoms with van der Waals surface area (Å²) in [6.07, 6.45) is 1.96. The van der Waals surface area contributed by atoms with Crippen molar-refractivity contribution in [1.29, 1.82) is 0 Å². The van der Waals surface area contributed by atoms with Crippen molar-refractivity contribution in [1.82, 2.24) is 19.4 Å². The number of hydrogen-bond acceptors (Lipinski definition) is 4. The molecule has 110 valence electrons. The summed E-state index contributed by atoms with van der Waals surface area (Å²) >= 11 is 1.72. The van der Waals surface area contributed by atoms with Crippen molar-refractivity contribution in [3.8, 4) is 0 Å². The van der Waals surface area contributed by atoms with Crippen LogP contribution in [0.2, 0.25) is 0 Å². The van der Waals surface area contributed by atoms with Gasteiger partial charge in [0.15, 0.2) is 10.6 Å². The lowest BCUT2D eigenvalue weighted by Gasteiger charge is -2.11. The number of carbonyl (C=O) groups excluding carboxylic acids is 1. The first-order valence-corrected chi connectivity index (χ1v) is 7.68. The number of amides is 1. The number of hydrogen-bond donors (Lipinski definition) is 1. The van der Waals surface area contributed by atoms with Crippen LogP contribution in [0.5, 0.6) is 0 Å². The van der Waals surface area contributed by atoms with Crippen molar-refractivity contribution in [3.63, 3.8) is 0 Å². The first kappa shape index (κ1) is 13.9. The Hall–Kier alpha value is -2.02. The normalized spacial score (nSPS) is 13.2. The summed E-state index contributed by atoms with van der Waals surface area (Å²) in [4.78, 5) is 28.2. The Morgan fingerprint density at radius 1 is 1.48 bits per heavy atom. The molecule has 2 aromatic heterocycles. The van der Waals surface area contributed by atoms with Crippen LogP contribution >= 0.6 is 11.8 Å². The summed E-state index contributed by atoms with van der Waals surface area (Å²) < 4.78 is 3.80. The molecule has 1 aliphatic rings. The minimum Gasteiger partial charge on any atom is -0.345 e. The van der Waals surface area contributed by atoms with E-state index in [1.165, 1.54) is 12.1 Å². The molecule has 3 rings (SSSR count). The van der Waals surface area contributed by atoms with Gasteiger partial charge in [0, 0.05) is 43.4 Å². The first-order chi connectivity index (χ1) is 10.0. The maximum absolute atomic E-state index is 12.2. The minimum absolute atomic E-state index is 0.159. The molecule has 0 aromatic carbocycles. The van der Waals surface area contributed by atoms with E-state index >= 15 is 0 Å². The van der Waals surface area contributed by atoms with Gasteiger partial charge < -0.3 is 14.5 Å². The summed E-state index contributed by atoms with van der Waals surface area (Å²) in [5.74, 6) is 0.791. The summed E-state index contributed by atoms with van der Waals surface area (Å²) in [5.41, 5.74) is 1.79. The lowest BCUT2D eigenvalue weighted by atomic mass is 10.2. The van der Waals surface area contributed by atoms with E-state index in [1.807, 2.05) is 6.20 Å². The van der Waals surface area contributed by atoms with Gasteiger partial charge in [-0.15, -0.1) is 0 Å². The highest BCUT2D eigenvalue weighted by Gasteiger charge is 2.16. The molecular weight excluding hydrogens is 288 g/mol. The second-order valence-electron chi connectivity index (χ2n) is 5.02. The van der Waals surface area contributed by atoms with Crippen molar-refractivity contribution in [2.75, 3.05) is 5.75 Å². The number of nitrogens with zero attached hydrogens (tertiary/aromatic N) is 3. The number of aryl methyl sites for hydroxylation is 2. The van der Waals surface area contributed by atoms with E-state index in [9.17, 15) is 9.59 Å². The van der Waals surface area contributed by atoms with E-state index in [2.05, 4.69) is 14.9 Å². The zero-order chi connectivity index (χ0) is 15.0. The third-order valence-corrected chi connectivity index (χ3v) is 4.51. The molecule has 0 saturated carbocycles. The van der Waals surface area contributed by atoms with E-state index in [0.717, 1.165) is 28.8 Å². The Morgan fingerprint density at radius 2 is 2.29 bits per heavy atom. The molecule has 0 bridgehead atoms. The predicted molar refractivity (Wildman–Crippen MR) is 80.5 cm³/mol. The van der Waals surface area contributed by atoms with Crippen LogP contribution in [0.25, 0.3) is 0 Å². The van der Waals surface area contributed by atoms with Crippen molar-refractivity contribution in [2.24, 2.45) is 7.05 Å². The number of carbonyl (C=O) groups is 1. The minimum atomic E-state index is -0.265. The van der Waals surface area contributed by atoms with Crippen LogP contribution in [0.3, 0.4) is 0 Å². The molecule has 6 nitrogen and oxygen atoms in total. The summed E-state index contributed by atoms with van der Waals surface area (Å²) in [5, 5.41) is 3.82. The van der Waals surface area contributed by atoms with Crippen LogP contribution in [0, 0.1) is 6.92 Å². The molecular formula is C14H16N4O2S. The summed E-state index contributed by atoms with van der Waals surface area (Å²) in [7, 11) is 1.77. The maximum Gasteiger partial charge on any atom is 0.268 e. The zero-order valence-corrected chi connectivity index (χ0v) is 12.7. The molecule has 3 heterocycles. The van der Waals surface area contributed by atoms with Gasteiger partial charge in [-0.1, -0.05) is 11.8 Å². The Bertz CT molecular complexity index is 741. The van der Waals surface area contributed by atoms with Gasteiger partial charge in [-0.2, -0.15) is 0 Å². The van der Waals surface area contributed by atoms with Crippen molar-refractivity contribution >= 4 is 17.7 Å². The van der Waals surface area contributed by atoms with Gasteiger partial charge in [0.1, 0.15) is 5.69 Å². The third-order valence-electron chi connectivity index (χ3n) is 3.54. The van der Waals surface area contributed by atoms with Gasteiger partial charge in [-0.05, 0) is 6.92 Å². The molecule has 1 N–H and O–H groups in total. The molecule has 0 radical (unpaired) electrons. The monoisotopic (exact) mass is 304 g/mol. The number of rotatable bonds is 3. The quantitative estimate of drug-likeness (QED) is 0.916. The van der Waals surface area contributed by atoms with E-state index in [4.69, 9.17) is 0 Å². The molecule has 0 fully saturated rings. The molecule has 1 amide bonds. The fourth-order valence-electron chi connectivity index (χ4n) is 2.29. The Kier molecular flexibility index (Phi) is 3.59. The van der Waals surface area contributed by atoms with Crippen LogP contribution < -0.4 is 10.7 Å². The zero-order valence-electron chi connectivity index (χ0n) is 11.9. The highest BCUT2D eigenvalue weighted by molar-refractivity contribution is 7.99. The predicted octanol–water partition coefficient (Wildman–Crippen LogP) is 0.926. The van der Waals surface area contributed by atoms with Crippen molar-refractivity contribution in [3.05, 3.63) is 45.6 Å². The fourth-order valence-corrected chi connectivity index (χ4v) is 3.25. The van der Waals surface area contributed by atoms with Crippen LogP contribution in [0.4, 0.5) is 0 Å². The molecule has 0 spiro atoms. The SMILES string of the molecule is Cc1cc(=O)cc(C(=O)NCc2cn3c(n2)SCC3)n1C. The van der Waals surface area contributed by atoms with Gasteiger partial charge >= 0.3 is 0 Å².